The topological polar surface area (TPSA) is 200 Å². The van der Waals surface area contributed by atoms with Gasteiger partial charge in [-0.05, 0) is 18.3 Å². The summed E-state index contributed by atoms with van der Waals surface area (Å²) in [5, 5.41) is 20.0. The lowest BCUT2D eigenvalue weighted by Crippen LogP contribution is -2.42. The van der Waals surface area contributed by atoms with Crippen LogP contribution < -0.4 is 0 Å². The van der Waals surface area contributed by atoms with E-state index in [9.17, 15) is 28.8 Å². The van der Waals surface area contributed by atoms with E-state index in [1.54, 1.807) is 7.85 Å². The van der Waals surface area contributed by atoms with Gasteiger partial charge in [0.1, 0.15) is 26.4 Å². The Labute approximate surface area is 137 Å². The number of aliphatic hydroxyl groups is 2. The molecule has 0 saturated heterocycles. The number of rotatable bonds is 7. The summed E-state index contributed by atoms with van der Waals surface area (Å²) in [6.45, 7) is 4.90. The molecule has 140 valence electrons. The zero-order valence-corrected chi connectivity index (χ0v) is 15.3. The molecule has 1 aliphatic rings. The van der Waals surface area contributed by atoms with Crippen molar-refractivity contribution in [3.8, 4) is 0 Å². The van der Waals surface area contributed by atoms with Crippen molar-refractivity contribution < 1.29 is 56.8 Å². The van der Waals surface area contributed by atoms with Crippen molar-refractivity contribution in [3.63, 3.8) is 0 Å². The fraction of sp³-hybridized carbons (Fsp3) is 0.750. The van der Waals surface area contributed by atoms with Gasteiger partial charge in [0.05, 0.1) is 5.60 Å². The molecule has 0 aliphatic heterocycles. The van der Waals surface area contributed by atoms with Gasteiger partial charge in [0.15, 0.2) is 0 Å². The number of hydrogen-bond donors (Lipinski definition) is 6. The summed E-state index contributed by atoms with van der Waals surface area (Å²) >= 11 is 0. The van der Waals surface area contributed by atoms with Crippen molar-refractivity contribution in [2.45, 2.75) is 30.5 Å². The highest BCUT2D eigenvalue weighted by atomic mass is 31.3. The molecule has 0 amide bonds. The van der Waals surface area contributed by atoms with Gasteiger partial charge in [-0.3, -0.25) is 4.57 Å². The van der Waals surface area contributed by atoms with Crippen molar-refractivity contribution in [1.29, 1.82) is 0 Å². The van der Waals surface area contributed by atoms with Crippen LogP contribution in [0.5, 0.6) is 0 Å². The molecule has 1 saturated carbocycles. The lowest BCUT2D eigenvalue weighted by molar-refractivity contribution is -0.0867. The fourth-order valence-electron chi connectivity index (χ4n) is 2.09. The average Bonchev–Trinajstić information content (AvgIpc) is 2.45. The molecule has 0 aromatic rings. The van der Waals surface area contributed by atoms with Crippen LogP contribution in [0.4, 0.5) is 0 Å². The minimum atomic E-state index is -5.56. The third-order valence-corrected chi connectivity index (χ3v) is 7.54. The Morgan fingerprint density at radius 1 is 1.21 bits per heavy atom. The second-order valence-electron chi connectivity index (χ2n) is 5.44. The van der Waals surface area contributed by atoms with Gasteiger partial charge in [-0.2, -0.15) is 4.31 Å². The lowest BCUT2D eigenvalue weighted by atomic mass is 9.74. The third-order valence-electron chi connectivity index (χ3n) is 3.54. The summed E-state index contributed by atoms with van der Waals surface area (Å²) in [7, 11) is -14.5. The van der Waals surface area contributed by atoms with Gasteiger partial charge < -0.3 is 34.5 Å². The smallest absolute Gasteiger partial charge is 0.387 e. The highest BCUT2D eigenvalue weighted by Crippen LogP contribution is 2.66. The highest BCUT2D eigenvalue weighted by molar-refractivity contribution is 7.68. The van der Waals surface area contributed by atoms with Crippen molar-refractivity contribution in [1.82, 2.24) is 0 Å². The average molecular weight is 410 g/mol. The van der Waals surface area contributed by atoms with Gasteiger partial charge in [0.2, 0.25) is 0 Å². The Balaban J connectivity index is 2.76. The van der Waals surface area contributed by atoms with Crippen LogP contribution in [0.2, 0.25) is 5.82 Å². The van der Waals surface area contributed by atoms with E-state index in [4.69, 9.17) is 19.4 Å². The molecule has 0 radical (unpaired) electrons. The molecule has 0 heterocycles. The monoisotopic (exact) mass is 410 g/mol. The Morgan fingerprint density at radius 3 is 2.08 bits per heavy atom. The van der Waals surface area contributed by atoms with Gasteiger partial charge in [-0.15, -0.1) is 0 Å². The van der Waals surface area contributed by atoms with E-state index >= 15 is 0 Å². The molecule has 0 aromatic carbocycles. The third kappa shape index (κ3) is 5.57. The van der Waals surface area contributed by atoms with E-state index in [-0.39, 0.29) is 5.57 Å². The van der Waals surface area contributed by atoms with Gasteiger partial charge in [-0.25, -0.2) is 13.4 Å². The molecular weight excluding hydrogens is 392 g/mol. The first kappa shape index (κ1) is 22.2. The molecule has 6 N–H and O–H groups in total. The SMILES string of the molecule is B[C@@H]1C(=C)[C@H](OCP(=O)(O)OP(=O)(O)OP(=O)(O)O)[C@@H](O)[C@@]1(C)O. The van der Waals surface area contributed by atoms with E-state index in [1.165, 1.54) is 6.92 Å². The first-order chi connectivity index (χ1) is 10.5. The van der Waals surface area contributed by atoms with Crippen molar-refractivity contribution in [3.05, 3.63) is 12.2 Å². The van der Waals surface area contributed by atoms with E-state index in [0.29, 0.717) is 0 Å². The molecule has 2 unspecified atom stereocenters. The number of hydrogen-bond acceptors (Lipinski definition) is 8. The van der Waals surface area contributed by atoms with Crippen LogP contribution >= 0.6 is 23.2 Å². The fourth-order valence-corrected chi connectivity index (χ4v) is 5.38. The van der Waals surface area contributed by atoms with Crippen LogP contribution in [0.15, 0.2) is 12.2 Å². The normalized spacial score (nSPS) is 36.3. The Morgan fingerprint density at radius 2 is 1.71 bits per heavy atom. The van der Waals surface area contributed by atoms with E-state index in [1.807, 2.05) is 0 Å². The zero-order valence-electron chi connectivity index (χ0n) is 12.6. The molecular formula is C8H18BO12P3. The van der Waals surface area contributed by atoms with E-state index in [0.717, 1.165) is 0 Å². The molecule has 0 spiro atoms. The van der Waals surface area contributed by atoms with Crippen molar-refractivity contribution in [2.24, 2.45) is 0 Å². The van der Waals surface area contributed by atoms with Gasteiger partial charge in [-0.1, -0.05) is 6.58 Å². The largest absolute Gasteiger partial charge is 0.488 e. The minimum absolute atomic E-state index is 0.214. The molecule has 16 heteroatoms. The molecule has 0 aromatic heterocycles. The molecule has 12 nitrogen and oxygen atoms in total. The molecule has 1 fully saturated rings. The second-order valence-corrected chi connectivity index (χ2v) is 10.2. The summed E-state index contributed by atoms with van der Waals surface area (Å²) in [5.41, 5.74) is -1.40. The quantitative estimate of drug-likeness (QED) is 0.167. The second kappa shape index (κ2) is 7.04. The van der Waals surface area contributed by atoms with Crippen LogP contribution in [0.1, 0.15) is 6.92 Å². The Kier molecular flexibility index (Phi) is 6.50. The maximum atomic E-state index is 11.7. The maximum absolute atomic E-state index is 11.7. The van der Waals surface area contributed by atoms with Crippen molar-refractivity contribution in [2.75, 3.05) is 6.35 Å². The predicted octanol–water partition coefficient (Wildman–Crippen LogP) is -1.16. The predicted molar refractivity (Wildman–Crippen MR) is 81.7 cm³/mol. The minimum Gasteiger partial charge on any atom is -0.387 e. The van der Waals surface area contributed by atoms with Gasteiger partial charge in [0, 0.05) is 0 Å². The summed E-state index contributed by atoms with van der Waals surface area (Å²) in [6, 6.07) is 0. The number of ether oxygens (including phenoxy) is 1. The first-order valence-corrected chi connectivity index (χ1v) is 11.1. The summed E-state index contributed by atoms with van der Waals surface area (Å²) < 4.78 is 45.6. The first-order valence-electron chi connectivity index (χ1n) is 6.32. The Hall–Kier alpha value is 0.135. The summed E-state index contributed by atoms with van der Waals surface area (Å²) in [4.78, 5) is 35.3. The van der Waals surface area contributed by atoms with Crippen LogP contribution in [0.25, 0.3) is 0 Å². The van der Waals surface area contributed by atoms with Crippen LogP contribution in [0, 0.1) is 0 Å². The van der Waals surface area contributed by atoms with Crippen LogP contribution in [0.3, 0.4) is 0 Å². The van der Waals surface area contributed by atoms with Crippen LogP contribution in [-0.4, -0.2) is 61.8 Å². The van der Waals surface area contributed by atoms with Crippen LogP contribution in [-0.2, 0) is 27.1 Å². The Bertz CT molecular complexity index is 642. The number of phosphoric acid groups is 2. The zero-order chi connectivity index (χ0) is 19.1. The molecule has 1 aliphatic carbocycles. The molecule has 0 bridgehead atoms. The molecule has 1 rings (SSSR count). The van der Waals surface area contributed by atoms with E-state index in [2.05, 4.69) is 15.2 Å². The van der Waals surface area contributed by atoms with Crippen molar-refractivity contribution >= 4 is 31.1 Å². The van der Waals surface area contributed by atoms with Gasteiger partial charge in [0.25, 0.3) is 0 Å². The maximum Gasteiger partial charge on any atom is 0.488 e. The van der Waals surface area contributed by atoms with Gasteiger partial charge >= 0.3 is 23.2 Å². The lowest BCUT2D eigenvalue weighted by Gasteiger charge is -2.26. The molecule has 6 atom stereocenters. The summed E-state index contributed by atoms with van der Waals surface area (Å²) in [6.07, 6.45) is -3.99. The highest BCUT2D eigenvalue weighted by Gasteiger charge is 2.52. The number of aliphatic hydroxyl groups excluding tert-OH is 1. The standard InChI is InChI=1S/C8H18BO12P3/c1-4-5(7(10)8(2,11)6(4)9)19-3-22(12,13)20-24(17,18)21-23(14,15)16/h5-7,10-11H,1,3,9H2,2H3,(H,12,13)(H,17,18)(H2,14,15,16)/t5-,6+,7+,8-/m0/s1. The summed E-state index contributed by atoms with van der Waals surface area (Å²) in [5.74, 6) is -0.613. The molecule has 24 heavy (non-hydrogen) atoms. The van der Waals surface area contributed by atoms with E-state index < -0.39 is 53.2 Å².